The molecule has 3 fully saturated rings. The summed E-state index contributed by atoms with van der Waals surface area (Å²) in [6.45, 7) is 30.4. The van der Waals surface area contributed by atoms with Gasteiger partial charge in [0.05, 0.1) is 0 Å². The lowest BCUT2D eigenvalue weighted by Gasteiger charge is -2.61. The van der Waals surface area contributed by atoms with Gasteiger partial charge in [-0.3, -0.25) is 0 Å². The third kappa shape index (κ3) is 4.84. The minimum atomic E-state index is 0.449. The van der Waals surface area contributed by atoms with Crippen LogP contribution in [-0.2, 0) is 0 Å². The Morgan fingerprint density at radius 1 is 1.06 bits per heavy atom. The molecule has 0 saturated heterocycles. The Morgan fingerprint density at radius 2 is 1.68 bits per heavy atom. The zero-order chi connectivity index (χ0) is 23.6. The lowest BCUT2D eigenvalue weighted by atomic mass is 9.44. The normalized spacial score (nSPS) is 40.6. The number of hydrogen-bond acceptors (Lipinski definition) is 0. The number of rotatable bonds is 2. The molecule has 31 heavy (non-hydrogen) atoms. The van der Waals surface area contributed by atoms with Crippen LogP contribution >= 0.6 is 0 Å². The van der Waals surface area contributed by atoms with Crippen molar-refractivity contribution in [1.82, 2.24) is 0 Å². The van der Waals surface area contributed by atoms with Crippen molar-refractivity contribution < 1.29 is 0 Å². The Balaban J connectivity index is 0.000000513. The molecule has 176 valence electrons. The summed E-state index contributed by atoms with van der Waals surface area (Å²) in [7, 11) is 0. The van der Waals surface area contributed by atoms with Gasteiger partial charge in [0.15, 0.2) is 0 Å². The van der Waals surface area contributed by atoms with E-state index < -0.39 is 0 Å². The van der Waals surface area contributed by atoms with Gasteiger partial charge in [0.1, 0.15) is 0 Å². The topological polar surface area (TPSA) is 0 Å². The second kappa shape index (κ2) is 10.3. The molecule has 0 heterocycles. The van der Waals surface area contributed by atoms with Gasteiger partial charge >= 0.3 is 0 Å². The second-order valence-corrected chi connectivity index (χ2v) is 11.6. The van der Waals surface area contributed by atoms with Gasteiger partial charge in [-0.05, 0) is 106 Å². The van der Waals surface area contributed by atoms with Gasteiger partial charge in [-0.25, -0.2) is 0 Å². The second-order valence-electron chi connectivity index (χ2n) is 11.6. The Labute approximate surface area is 195 Å². The molecular weight excluding hydrogens is 372 g/mol. The van der Waals surface area contributed by atoms with Crippen LogP contribution < -0.4 is 0 Å². The first-order valence-electron chi connectivity index (χ1n) is 13.2. The highest BCUT2D eigenvalue weighted by Gasteiger charge is 2.60. The van der Waals surface area contributed by atoms with Gasteiger partial charge in [-0.15, -0.1) is 6.58 Å². The molecule has 4 rings (SSSR count). The summed E-state index contributed by atoms with van der Waals surface area (Å²) < 4.78 is 0. The molecule has 0 N–H and O–H groups in total. The first-order valence-corrected chi connectivity index (χ1v) is 13.2. The highest BCUT2D eigenvalue weighted by Crippen LogP contribution is 2.69. The van der Waals surface area contributed by atoms with Crippen molar-refractivity contribution in [2.75, 3.05) is 0 Å². The SMILES string of the molecule is C=C(C)C.C=C1C=C2CCC3C4CCC(C(=C)CC)[C@@]4(C)C[C@H](C)C3[C@@]2(C)CC1.CC. The van der Waals surface area contributed by atoms with Gasteiger partial charge in [-0.1, -0.05) is 83.1 Å². The van der Waals surface area contributed by atoms with E-state index >= 15 is 0 Å². The van der Waals surface area contributed by atoms with Crippen LogP contribution in [0.4, 0.5) is 0 Å². The average molecular weight is 425 g/mol. The highest BCUT2D eigenvalue weighted by atomic mass is 14.6. The molecule has 0 radical (unpaired) electrons. The molecule has 3 saturated carbocycles. The van der Waals surface area contributed by atoms with Crippen molar-refractivity contribution in [2.24, 2.45) is 40.4 Å². The molecule has 4 aliphatic rings. The van der Waals surface area contributed by atoms with E-state index in [4.69, 9.17) is 0 Å². The predicted molar refractivity (Wildman–Crippen MR) is 140 cm³/mol. The van der Waals surface area contributed by atoms with Crippen LogP contribution in [0.1, 0.15) is 107 Å². The summed E-state index contributed by atoms with van der Waals surface area (Å²) in [5.41, 5.74) is 6.79. The largest absolute Gasteiger partial charge is 0.100 e. The summed E-state index contributed by atoms with van der Waals surface area (Å²) in [5.74, 6) is 4.40. The van der Waals surface area contributed by atoms with Crippen LogP contribution in [0.15, 0.2) is 48.1 Å². The minimum absolute atomic E-state index is 0.449. The van der Waals surface area contributed by atoms with Gasteiger partial charge in [0.25, 0.3) is 0 Å². The van der Waals surface area contributed by atoms with Crippen LogP contribution in [0.3, 0.4) is 0 Å². The van der Waals surface area contributed by atoms with E-state index in [9.17, 15) is 0 Å². The molecule has 0 aromatic heterocycles. The van der Waals surface area contributed by atoms with E-state index in [1.165, 1.54) is 68.1 Å². The lowest BCUT2D eigenvalue weighted by Crippen LogP contribution is -2.53. The van der Waals surface area contributed by atoms with Crippen LogP contribution in [0.2, 0.25) is 0 Å². The number of fused-ring (bicyclic) bond motifs is 5. The van der Waals surface area contributed by atoms with Crippen LogP contribution in [0, 0.1) is 40.4 Å². The third-order valence-corrected chi connectivity index (χ3v) is 9.27. The summed E-state index contributed by atoms with van der Waals surface area (Å²) in [6, 6.07) is 0. The summed E-state index contributed by atoms with van der Waals surface area (Å²) in [4.78, 5) is 0. The van der Waals surface area contributed by atoms with Crippen molar-refractivity contribution in [3.8, 4) is 0 Å². The fraction of sp³-hybridized carbons (Fsp3) is 0.742. The van der Waals surface area contributed by atoms with Crippen molar-refractivity contribution >= 4 is 0 Å². The Kier molecular flexibility index (Phi) is 8.68. The monoisotopic (exact) mass is 424 g/mol. The lowest BCUT2D eigenvalue weighted by molar-refractivity contribution is -0.0803. The molecule has 0 aromatic rings. The first-order chi connectivity index (χ1) is 14.5. The van der Waals surface area contributed by atoms with Crippen molar-refractivity contribution in [3.63, 3.8) is 0 Å². The molecule has 4 unspecified atom stereocenters. The van der Waals surface area contributed by atoms with E-state index in [2.05, 4.69) is 53.5 Å². The summed E-state index contributed by atoms with van der Waals surface area (Å²) in [5, 5.41) is 0. The predicted octanol–water partition coefficient (Wildman–Crippen LogP) is 9.94. The van der Waals surface area contributed by atoms with E-state index in [0.29, 0.717) is 10.8 Å². The standard InChI is InChI=1S/C25H38.C4H8.C2H6/c1-7-17(3)21-10-11-22-20-9-8-19-14-16(2)12-13-24(19,5)23(20)18(4)15-25(21,22)6;1-4(2)3;1-2/h14,18,20-23H,2-3,7-13,15H2,1,4-6H3;1H2,2-3H3;1-2H3/t18-,20?,21?,22?,23?,24-,25+;;/m0../s1. The van der Waals surface area contributed by atoms with E-state index in [0.717, 1.165) is 29.6 Å². The molecule has 0 aromatic carbocycles. The summed E-state index contributed by atoms with van der Waals surface area (Å²) >= 11 is 0. The molecule has 0 nitrogen and oxygen atoms in total. The van der Waals surface area contributed by atoms with E-state index in [-0.39, 0.29) is 0 Å². The number of hydrogen-bond donors (Lipinski definition) is 0. The molecule has 4 aliphatic carbocycles. The maximum atomic E-state index is 4.49. The highest BCUT2D eigenvalue weighted by molar-refractivity contribution is 5.34. The third-order valence-electron chi connectivity index (χ3n) is 9.27. The number of allylic oxidation sites excluding steroid dienone is 5. The fourth-order valence-corrected chi connectivity index (χ4v) is 8.28. The van der Waals surface area contributed by atoms with Gasteiger partial charge < -0.3 is 0 Å². The maximum absolute atomic E-state index is 4.49. The van der Waals surface area contributed by atoms with Gasteiger partial charge in [0.2, 0.25) is 0 Å². The van der Waals surface area contributed by atoms with Crippen LogP contribution in [0.25, 0.3) is 0 Å². The van der Waals surface area contributed by atoms with Crippen molar-refractivity contribution in [3.05, 3.63) is 48.1 Å². The average Bonchev–Trinajstić information content (AvgIpc) is 3.05. The van der Waals surface area contributed by atoms with Crippen LogP contribution in [-0.4, -0.2) is 0 Å². The smallest absolute Gasteiger partial charge is 0.00765 e. The van der Waals surface area contributed by atoms with Gasteiger partial charge in [-0.2, -0.15) is 0 Å². The molecule has 7 atom stereocenters. The molecular formula is C31H52. The van der Waals surface area contributed by atoms with Gasteiger partial charge in [0, 0.05) is 0 Å². The molecule has 0 heteroatoms. The molecule has 0 aliphatic heterocycles. The Bertz CT molecular complexity index is 702. The first kappa shape index (κ1) is 26.2. The molecule has 0 spiro atoms. The molecule has 0 amide bonds. The van der Waals surface area contributed by atoms with Crippen molar-refractivity contribution in [1.29, 1.82) is 0 Å². The summed E-state index contributed by atoms with van der Waals surface area (Å²) in [6.07, 6.45) is 13.2. The fourth-order valence-electron chi connectivity index (χ4n) is 8.28. The Hall–Kier alpha value is -1.04. The van der Waals surface area contributed by atoms with Crippen molar-refractivity contribution in [2.45, 2.75) is 107 Å². The van der Waals surface area contributed by atoms with E-state index in [1.807, 2.05) is 27.7 Å². The zero-order valence-corrected chi connectivity index (χ0v) is 22.2. The quantitative estimate of drug-likeness (QED) is 0.387. The van der Waals surface area contributed by atoms with Crippen LogP contribution in [0.5, 0.6) is 0 Å². The Morgan fingerprint density at radius 3 is 2.26 bits per heavy atom. The minimum Gasteiger partial charge on any atom is -0.100 e. The zero-order valence-electron chi connectivity index (χ0n) is 22.2. The maximum Gasteiger partial charge on any atom is -0.00765 e. The molecule has 0 bridgehead atoms. The van der Waals surface area contributed by atoms with E-state index in [1.54, 1.807) is 5.57 Å².